The fraction of sp³-hybridized carbons (Fsp3) is 0.455. The highest BCUT2D eigenvalue weighted by Gasteiger charge is 2.27. The van der Waals surface area contributed by atoms with Crippen LogP contribution in [0.5, 0.6) is 0 Å². The topological polar surface area (TPSA) is 94.5 Å². The van der Waals surface area contributed by atoms with Gasteiger partial charge in [0.15, 0.2) is 0 Å². The number of aryl methyl sites for hydroxylation is 1. The van der Waals surface area contributed by atoms with Gasteiger partial charge in [-0.3, -0.25) is 24.5 Å². The molecule has 1 fully saturated rings. The number of hydrogen-bond acceptors (Lipinski definition) is 5. The standard InChI is InChI=1S/C22H26N2O5/c1-22(2,3)29-19(26)11-10-14-6-4-7-16-15(14)12-13-24(21(16)28)17-8-5-9-18(25)23-20(17)27/h4,6-7,12-13,17H,5,8-11H2,1-3H3,(H,23,25,27). The lowest BCUT2D eigenvalue weighted by Crippen LogP contribution is -2.37. The SMILES string of the molecule is CC(C)(C)OC(=O)CCc1cccc2c(=O)n(C3CCCC(=O)NC3=O)ccc12. The molecule has 1 aromatic heterocycles. The van der Waals surface area contributed by atoms with E-state index < -0.39 is 17.6 Å². The van der Waals surface area contributed by atoms with Crippen molar-refractivity contribution in [2.45, 2.75) is 64.5 Å². The van der Waals surface area contributed by atoms with Gasteiger partial charge in [-0.05, 0) is 63.1 Å². The van der Waals surface area contributed by atoms with Gasteiger partial charge in [0.1, 0.15) is 11.6 Å². The fourth-order valence-electron chi connectivity index (χ4n) is 3.59. The summed E-state index contributed by atoms with van der Waals surface area (Å²) in [5, 5.41) is 3.58. The molecule has 0 aliphatic carbocycles. The van der Waals surface area contributed by atoms with Gasteiger partial charge in [-0.25, -0.2) is 0 Å². The molecule has 1 aromatic carbocycles. The van der Waals surface area contributed by atoms with Crippen LogP contribution in [0.25, 0.3) is 10.8 Å². The summed E-state index contributed by atoms with van der Waals surface area (Å²) in [7, 11) is 0. The number of carbonyl (C=O) groups excluding carboxylic acids is 3. The Morgan fingerprint density at radius 2 is 1.93 bits per heavy atom. The van der Waals surface area contributed by atoms with E-state index in [1.807, 2.05) is 26.8 Å². The van der Waals surface area contributed by atoms with Gasteiger partial charge in [0.2, 0.25) is 11.8 Å². The third kappa shape index (κ3) is 4.91. The molecule has 2 aromatic rings. The molecule has 0 spiro atoms. The maximum atomic E-state index is 13.1. The van der Waals surface area contributed by atoms with Crippen molar-refractivity contribution >= 4 is 28.6 Å². The molecule has 0 bridgehead atoms. The Morgan fingerprint density at radius 1 is 1.17 bits per heavy atom. The molecular weight excluding hydrogens is 372 g/mol. The number of esters is 1. The van der Waals surface area contributed by atoms with E-state index in [1.54, 1.807) is 24.4 Å². The summed E-state index contributed by atoms with van der Waals surface area (Å²) in [4.78, 5) is 49.0. The molecule has 0 saturated carbocycles. The Bertz CT molecular complexity index is 1020. The Morgan fingerprint density at radius 3 is 2.66 bits per heavy atom. The van der Waals surface area contributed by atoms with Crippen LogP contribution in [0.2, 0.25) is 0 Å². The Hall–Kier alpha value is -2.96. The van der Waals surface area contributed by atoms with E-state index in [0.717, 1.165) is 10.9 Å². The number of amides is 2. The molecule has 1 aliphatic heterocycles. The van der Waals surface area contributed by atoms with Crippen LogP contribution in [0, 0.1) is 0 Å². The number of pyridine rings is 1. The number of aromatic nitrogens is 1. The van der Waals surface area contributed by atoms with E-state index in [2.05, 4.69) is 5.32 Å². The predicted molar refractivity (Wildman–Crippen MR) is 108 cm³/mol. The summed E-state index contributed by atoms with van der Waals surface area (Å²) in [5.41, 5.74) is 0.0544. The first-order valence-electron chi connectivity index (χ1n) is 9.84. The Kier molecular flexibility index (Phi) is 5.86. The Labute approximate surface area is 169 Å². The maximum Gasteiger partial charge on any atom is 0.306 e. The lowest BCUT2D eigenvalue weighted by Gasteiger charge is -2.19. The minimum Gasteiger partial charge on any atom is -0.460 e. The first-order valence-corrected chi connectivity index (χ1v) is 9.84. The van der Waals surface area contributed by atoms with Crippen molar-refractivity contribution in [1.29, 1.82) is 0 Å². The summed E-state index contributed by atoms with van der Waals surface area (Å²) < 4.78 is 6.75. The van der Waals surface area contributed by atoms with E-state index in [0.29, 0.717) is 24.6 Å². The molecule has 7 heteroatoms. The van der Waals surface area contributed by atoms with Crippen LogP contribution in [-0.2, 0) is 25.5 Å². The zero-order valence-corrected chi connectivity index (χ0v) is 17.0. The summed E-state index contributed by atoms with van der Waals surface area (Å²) in [6.07, 6.45) is 3.52. The third-order valence-electron chi connectivity index (χ3n) is 4.86. The molecule has 1 atom stereocenters. The molecule has 2 heterocycles. The number of rotatable bonds is 4. The van der Waals surface area contributed by atoms with Crippen molar-refractivity contribution in [3.05, 3.63) is 46.4 Å². The quantitative estimate of drug-likeness (QED) is 0.631. The van der Waals surface area contributed by atoms with Gasteiger partial charge in [-0.2, -0.15) is 0 Å². The van der Waals surface area contributed by atoms with Crippen LogP contribution < -0.4 is 10.9 Å². The number of nitrogens with one attached hydrogen (secondary N) is 1. The minimum atomic E-state index is -0.705. The van der Waals surface area contributed by atoms with Crippen molar-refractivity contribution in [3.8, 4) is 0 Å². The summed E-state index contributed by atoms with van der Waals surface area (Å²) in [5.74, 6) is -1.05. The summed E-state index contributed by atoms with van der Waals surface area (Å²) in [6, 6.07) is 6.46. The van der Waals surface area contributed by atoms with Crippen molar-refractivity contribution < 1.29 is 19.1 Å². The van der Waals surface area contributed by atoms with E-state index in [1.165, 1.54) is 4.57 Å². The number of fused-ring (bicyclic) bond motifs is 1. The normalized spacial score (nSPS) is 17.7. The van der Waals surface area contributed by atoms with Gasteiger partial charge in [0.25, 0.3) is 5.56 Å². The molecule has 1 unspecified atom stereocenters. The third-order valence-corrected chi connectivity index (χ3v) is 4.86. The van der Waals surface area contributed by atoms with Gasteiger partial charge < -0.3 is 9.30 Å². The molecule has 29 heavy (non-hydrogen) atoms. The molecule has 154 valence electrons. The molecule has 1 N–H and O–H groups in total. The maximum absolute atomic E-state index is 13.1. The second-order valence-electron chi connectivity index (χ2n) is 8.31. The van der Waals surface area contributed by atoms with Crippen LogP contribution in [0.1, 0.15) is 58.1 Å². The molecule has 7 nitrogen and oxygen atoms in total. The van der Waals surface area contributed by atoms with Gasteiger partial charge >= 0.3 is 5.97 Å². The zero-order chi connectivity index (χ0) is 21.2. The smallest absolute Gasteiger partial charge is 0.306 e. The van der Waals surface area contributed by atoms with Gasteiger partial charge in [-0.15, -0.1) is 0 Å². The number of nitrogens with zero attached hydrogens (tertiary/aromatic N) is 1. The minimum absolute atomic E-state index is 0.215. The number of imide groups is 1. The highest BCUT2D eigenvalue weighted by atomic mass is 16.6. The van der Waals surface area contributed by atoms with Crippen LogP contribution in [0.3, 0.4) is 0 Å². The van der Waals surface area contributed by atoms with Crippen molar-refractivity contribution in [1.82, 2.24) is 9.88 Å². The average Bonchev–Trinajstić information content (AvgIpc) is 2.79. The highest BCUT2D eigenvalue weighted by Crippen LogP contribution is 2.22. The van der Waals surface area contributed by atoms with Crippen molar-refractivity contribution in [2.24, 2.45) is 0 Å². The largest absolute Gasteiger partial charge is 0.460 e. The van der Waals surface area contributed by atoms with Gasteiger partial charge in [0, 0.05) is 24.4 Å². The lowest BCUT2D eigenvalue weighted by atomic mass is 10.0. The van der Waals surface area contributed by atoms with E-state index in [9.17, 15) is 19.2 Å². The van der Waals surface area contributed by atoms with E-state index >= 15 is 0 Å². The molecule has 2 amide bonds. The zero-order valence-electron chi connectivity index (χ0n) is 17.0. The average molecular weight is 398 g/mol. The lowest BCUT2D eigenvalue weighted by molar-refractivity contribution is -0.154. The first kappa shape index (κ1) is 20.8. The number of ether oxygens (including phenoxy) is 1. The molecule has 3 rings (SSSR count). The molecule has 0 radical (unpaired) electrons. The van der Waals surface area contributed by atoms with Crippen LogP contribution >= 0.6 is 0 Å². The molecule has 1 saturated heterocycles. The Balaban J connectivity index is 1.88. The second-order valence-corrected chi connectivity index (χ2v) is 8.31. The summed E-state index contributed by atoms with van der Waals surface area (Å²) in [6.45, 7) is 5.47. The van der Waals surface area contributed by atoms with Crippen LogP contribution in [-0.4, -0.2) is 28.0 Å². The number of carbonyl (C=O) groups is 3. The number of benzene rings is 1. The fourth-order valence-corrected chi connectivity index (χ4v) is 3.59. The first-order chi connectivity index (χ1) is 13.7. The van der Waals surface area contributed by atoms with Crippen molar-refractivity contribution in [2.75, 3.05) is 0 Å². The van der Waals surface area contributed by atoms with Gasteiger partial charge in [0.05, 0.1) is 0 Å². The predicted octanol–water partition coefficient (Wildman–Crippen LogP) is 2.64. The van der Waals surface area contributed by atoms with E-state index in [4.69, 9.17) is 4.74 Å². The second kappa shape index (κ2) is 8.19. The van der Waals surface area contributed by atoms with E-state index in [-0.39, 0.29) is 30.3 Å². The van der Waals surface area contributed by atoms with Crippen LogP contribution in [0.15, 0.2) is 35.3 Å². The monoisotopic (exact) mass is 398 g/mol. The molecule has 1 aliphatic rings. The number of hydrogen-bond donors (Lipinski definition) is 1. The van der Waals surface area contributed by atoms with Gasteiger partial charge in [-0.1, -0.05) is 12.1 Å². The highest BCUT2D eigenvalue weighted by molar-refractivity contribution is 5.98. The van der Waals surface area contributed by atoms with Crippen molar-refractivity contribution in [3.63, 3.8) is 0 Å². The van der Waals surface area contributed by atoms with Crippen LogP contribution in [0.4, 0.5) is 0 Å². The molecular formula is C22H26N2O5. The summed E-state index contributed by atoms with van der Waals surface area (Å²) >= 11 is 0.